The van der Waals surface area contributed by atoms with E-state index in [0.717, 1.165) is 26.1 Å². The standard InChI is InChI=1S/C12H14O2/c13-12-4-10(5-12)8-1-2-9-6-14-7-11(9)3-8/h1-3,10,12-13H,4-7H2. The van der Waals surface area contributed by atoms with Crippen LogP contribution in [0.1, 0.15) is 35.4 Å². The number of ether oxygens (including phenoxy) is 1. The van der Waals surface area contributed by atoms with Gasteiger partial charge in [-0.3, -0.25) is 0 Å². The average molecular weight is 190 g/mol. The molecule has 2 nitrogen and oxygen atoms in total. The molecule has 0 saturated heterocycles. The summed E-state index contributed by atoms with van der Waals surface area (Å²) in [6.45, 7) is 1.53. The zero-order valence-corrected chi connectivity index (χ0v) is 8.07. The summed E-state index contributed by atoms with van der Waals surface area (Å²) in [6.07, 6.45) is 1.80. The number of aliphatic hydroxyl groups is 1. The van der Waals surface area contributed by atoms with Gasteiger partial charge < -0.3 is 9.84 Å². The fourth-order valence-corrected chi connectivity index (χ4v) is 2.31. The Labute approximate surface area is 83.5 Å². The molecule has 2 heteroatoms. The number of benzene rings is 1. The van der Waals surface area contributed by atoms with Crippen molar-refractivity contribution in [2.45, 2.75) is 38.1 Å². The second-order valence-electron chi connectivity index (χ2n) is 4.34. The lowest BCUT2D eigenvalue weighted by Gasteiger charge is -2.31. The molecule has 74 valence electrons. The minimum atomic E-state index is -0.0653. The fourth-order valence-electron chi connectivity index (χ4n) is 2.31. The molecule has 0 spiro atoms. The van der Waals surface area contributed by atoms with Crippen molar-refractivity contribution in [3.8, 4) is 0 Å². The fraction of sp³-hybridized carbons (Fsp3) is 0.500. The van der Waals surface area contributed by atoms with Crippen molar-refractivity contribution >= 4 is 0 Å². The minimum absolute atomic E-state index is 0.0653. The van der Waals surface area contributed by atoms with Crippen LogP contribution < -0.4 is 0 Å². The topological polar surface area (TPSA) is 29.5 Å². The Morgan fingerprint density at radius 2 is 1.93 bits per heavy atom. The molecule has 0 radical (unpaired) electrons. The van der Waals surface area contributed by atoms with E-state index < -0.39 is 0 Å². The molecule has 3 rings (SSSR count). The third kappa shape index (κ3) is 1.26. The highest BCUT2D eigenvalue weighted by atomic mass is 16.5. The van der Waals surface area contributed by atoms with E-state index in [1.807, 2.05) is 0 Å². The lowest BCUT2D eigenvalue weighted by Crippen LogP contribution is -2.26. The van der Waals surface area contributed by atoms with Crippen molar-refractivity contribution in [3.05, 3.63) is 34.9 Å². The van der Waals surface area contributed by atoms with Gasteiger partial charge in [0.25, 0.3) is 0 Å². The Hall–Kier alpha value is -0.860. The Morgan fingerprint density at radius 3 is 2.71 bits per heavy atom. The van der Waals surface area contributed by atoms with Crippen LogP contribution in [0.5, 0.6) is 0 Å². The minimum Gasteiger partial charge on any atom is -0.393 e. The summed E-state index contributed by atoms with van der Waals surface area (Å²) in [7, 11) is 0. The van der Waals surface area contributed by atoms with Crippen LogP contribution in [-0.4, -0.2) is 11.2 Å². The number of hydrogen-bond donors (Lipinski definition) is 1. The molecule has 0 atom stereocenters. The first-order valence-corrected chi connectivity index (χ1v) is 5.20. The van der Waals surface area contributed by atoms with Gasteiger partial charge in [0.15, 0.2) is 0 Å². The number of rotatable bonds is 1. The van der Waals surface area contributed by atoms with Crippen LogP contribution in [0.25, 0.3) is 0 Å². The van der Waals surface area contributed by atoms with Crippen molar-refractivity contribution in [1.29, 1.82) is 0 Å². The van der Waals surface area contributed by atoms with E-state index in [9.17, 15) is 5.11 Å². The maximum atomic E-state index is 9.25. The second kappa shape index (κ2) is 3.07. The molecule has 1 heterocycles. The van der Waals surface area contributed by atoms with Gasteiger partial charge in [0, 0.05) is 0 Å². The normalized spacial score (nSPS) is 29.8. The molecule has 14 heavy (non-hydrogen) atoms. The van der Waals surface area contributed by atoms with Crippen molar-refractivity contribution in [2.75, 3.05) is 0 Å². The highest BCUT2D eigenvalue weighted by Crippen LogP contribution is 2.38. The number of hydrogen-bond acceptors (Lipinski definition) is 2. The first kappa shape index (κ1) is 8.45. The van der Waals surface area contributed by atoms with Gasteiger partial charge in [0.05, 0.1) is 19.3 Å². The molecule has 1 fully saturated rings. The first-order chi connectivity index (χ1) is 6.83. The van der Waals surface area contributed by atoms with Crippen LogP contribution in [-0.2, 0) is 18.0 Å². The summed E-state index contributed by atoms with van der Waals surface area (Å²) in [4.78, 5) is 0. The van der Waals surface area contributed by atoms with Crippen molar-refractivity contribution in [1.82, 2.24) is 0 Å². The maximum Gasteiger partial charge on any atom is 0.0725 e. The van der Waals surface area contributed by atoms with Crippen LogP contribution in [0, 0.1) is 0 Å². The van der Waals surface area contributed by atoms with E-state index in [-0.39, 0.29) is 6.10 Å². The predicted octanol–water partition coefficient (Wildman–Crippen LogP) is 1.96. The zero-order chi connectivity index (χ0) is 9.54. The molecule has 0 amide bonds. The van der Waals surface area contributed by atoms with Gasteiger partial charge in [-0.1, -0.05) is 18.2 Å². The molecule has 1 aromatic carbocycles. The third-order valence-corrected chi connectivity index (χ3v) is 3.33. The van der Waals surface area contributed by atoms with Gasteiger partial charge in [-0.25, -0.2) is 0 Å². The van der Waals surface area contributed by atoms with Crippen molar-refractivity contribution in [3.63, 3.8) is 0 Å². The van der Waals surface area contributed by atoms with E-state index in [2.05, 4.69) is 18.2 Å². The summed E-state index contributed by atoms with van der Waals surface area (Å²) in [5, 5.41) is 9.25. The number of fused-ring (bicyclic) bond motifs is 1. The van der Waals surface area contributed by atoms with Gasteiger partial charge in [0.1, 0.15) is 0 Å². The Morgan fingerprint density at radius 1 is 1.14 bits per heavy atom. The van der Waals surface area contributed by atoms with E-state index >= 15 is 0 Å². The molecule has 1 aliphatic carbocycles. The first-order valence-electron chi connectivity index (χ1n) is 5.20. The Balaban J connectivity index is 1.86. The van der Waals surface area contributed by atoms with E-state index in [1.54, 1.807) is 0 Å². The predicted molar refractivity (Wildman–Crippen MR) is 52.9 cm³/mol. The molecule has 0 aromatic heterocycles. The summed E-state index contributed by atoms with van der Waals surface area (Å²) >= 11 is 0. The monoisotopic (exact) mass is 190 g/mol. The molecule has 1 saturated carbocycles. The SMILES string of the molecule is OC1CC(c2ccc3c(c2)COC3)C1. The van der Waals surface area contributed by atoms with Crippen LogP contribution in [0.4, 0.5) is 0 Å². The largest absolute Gasteiger partial charge is 0.393 e. The number of aliphatic hydroxyl groups excluding tert-OH is 1. The van der Waals surface area contributed by atoms with Crippen molar-refractivity contribution in [2.24, 2.45) is 0 Å². The van der Waals surface area contributed by atoms with Gasteiger partial charge in [-0.05, 0) is 35.4 Å². The molecule has 0 bridgehead atoms. The summed E-state index contributed by atoms with van der Waals surface area (Å²) < 4.78 is 5.37. The Kier molecular flexibility index (Phi) is 1.85. The summed E-state index contributed by atoms with van der Waals surface area (Å²) in [5.41, 5.74) is 4.04. The lowest BCUT2D eigenvalue weighted by atomic mass is 9.77. The summed E-state index contributed by atoms with van der Waals surface area (Å²) in [5.74, 6) is 0.580. The Bertz CT molecular complexity index is 353. The molecular formula is C12H14O2. The smallest absolute Gasteiger partial charge is 0.0725 e. The van der Waals surface area contributed by atoms with Gasteiger partial charge in [-0.15, -0.1) is 0 Å². The highest BCUT2D eigenvalue weighted by molar-refractivity contribution is 5.35. The van der Waals surface area contributed by atoms with Gasteiger partial charge >= 0.3 is 0 Å². The zero-order valence-electron chi connectivity index (χ0n) is 8.07. The molecule has 1 aromatic rings. The molecule has 2 aliphatic rings. The quantitative estimate of drug-likeness (QED) is 0.733. The van der Waals surface area contributed by atoms with Crippen LogP contribution in [0.2, 0.25) is 0 Å². The molecule has 1 N–H and O–H groups in total. The molecule has 1 aliphatic heterocycles. The van der Waals surface area contributed by atoms with Crippen LogP contribution in [0.3, 0.4) is 0 Å². The van der Waals surface area contributed by atoms with Crippen LogP contribution >= 0.6 is 0 Å². The van der Waals surface area contributed by atoms with E-state index in [0.29, 0.717) is 5.92 Å². The van der Waals surface area contributed by atoms with E-state index in [4.69, 9.17) is 4.74 Å². The van der Waals surface area contributed by atoms with Gasteiger partial charge in [-0.2, -0.15) is 0 Å². The second-order valence-corrected chi connectivity index (χ2v) is 4.34. The highest BCUT2D eigenvalue weighted by Gasteiger charge is 2.29. The lowest BCUT2D eigenvalue weighted by molar-refractivity contribution is 0.0746. The third-order valence-electron chi connectivity index (χ3n) is 3.33. The van der Waals surface area contributed by atoms with E-state index in [1.165, 1.54) is 16.7 Å². The van der Waals surface area contributed by atoms with Gasteiger partial charge in [0.2, 0.25) is 0 Å². The average Bonchev–Trinajstić information content (AvgIpc) is 2.59. The molecule has 0 unspecified atom stereocenters. The molecular weight excluding hydrogens is 176 g/mol. The maximum absolute atomic E-state index is 9.25. The van der Waals surface area contributed by atoms with Crippen LogP contribution in [0.15, 0.2) is 18.2 Å². The van der Waals surface area contributed by atoms with Crippen molar-refractivity contribution < 1.29 is 9.84 Å². The summed E-state index contributed by atoms with van der Waals surface area (Å²) in [6, 6.07) is 6.60.